The molecule has 0 aromatic carbocycles. The van der Waals surface area contributed by atoms with Crippen LogP contribution in [0.3, 0.4) is 0 Å². The van der Waals surface area contributed by atoms with Gasteiger partial charge < -0.3 is 6.15 Å². The van der Waals surface area contributed by atoms with Crippen LogP contribution >= 0.6 is 11.6 Å². The number of alkyl halides is 1. The van der Waals surface area contributed by atoms with E-state index in [2.05, 4.69) is 20.8 Å². The largest absolute Gasteiger partial charge is 0.344 e. The molecule has 0 aliphatic heterocycles. The number of rotatable bonds is 10. The van der Waals surface area contributed by atoms with Crippen LogP contribution in [-0.4, -0.2) is 5.88 Å². The molecule has 100 valence electrons. The first-order valence-corrected chi connectivity index (χ1v) is 7.34. The average molecular weight is 250 g/mol. The van der Waals surface area contributed by atoms with Crippen molar-refractivity contribution in [2.75, 3.05) is 5.88 Å². The maximum absolute atomic E-state index is 5.65. The summed E-state index contributed by atoms with van der Waals surface area (Å²) in [6, 6.07) is 0. The highest BCUT2D eigenvalue weighted by Gasteiger charge is 2.22. The van der Waals surface area contributed by atoms with Gasteiger partial charge in [-0.05, 0) is 18.3 Å². The van der Waals surface area contributed by atoms with Crippen molar-refractivity contribution in [3.8, 4) is 0 Å². The van der Waals surface area contributed by atoms with E-state index >= 15 is 0 Å². The third-order valence-corrected chi connectivity index (χ3v) is 4.36. The Morgan fingerprint density at radius 2 is 1.19 bits per heavy atom. The second-order valence-electron chi connectivity index (χ2n) is 4.77. The fourth-order valence-electron chi connectivity index (χ4n) is 2.41. The van der Waals surface area contributed by atoms with E-state index in [1.807, 2.05) is 0 Å². The van der Waals surface area contributed by atoms with Crippen LogP contribution < -0.4 is 6.15 Å². The summed E-state index contributed by atoms with van der Waals surface area (Å²) in [5, 5.41) is 0. The monoisotopic (exact) mass is 249 g/mol. The topological polar surface area (TPSA) is 35.0 Å². The predicted octanol–water partition coefficient (Wildman–Crippen LogP) is 5.94. The zero-order valence-electron chi connectivity index (χ0n) is 11.7. The Hall–Kier alpha value is 0.250. The van der Waals surface area contributed by atoms with Crippen LogP contribution in [0.5, 0.6) is 0 Å². The highest BCUT2D eigenvalue weighted by atomic mass is 35.5. The van der Waals surface area contributed by atoms with Crippen LogP contribution in [0.15, 0.2) is 0 Å². The third kappa shape index (κ3) is 7.51. The Kier molecular flexibility index (Phi) is 13.6. The van der Waals surface area contributed by atoms with Crippen LogP contribution in [0.25, 0.3) is 0 Å². The zero-order valence-corrected chi connectivity index (χ0v) is 12.4. The Bertz CT molecular complexity index is 124. The summed E-state index contributed by atoms with van der Waals surface area (Å²) in [7, 11) is 0. The van der Waals surface area contributed by atoms with E-state index in [9.17, 15) is 0 Å². The van der Waals surface area contributed by atoms with Gasteiger partial charge in [0.2, 0.25) is 0 Å². The lowest BCUT2D eigenvalue weighted by Gasteiger charge is -2.30. The van der Waals surface area contributed by atoms with Crippen molar-refractivity contribution in [3.05, 3.63) is 0 Å². The molecule has 3 N–H and O–H groups in total. The van der Waals surface area contributed by atoms with Crippen LogP contribution in [-0.2, 0) is 0 Å². The molecule has 0 amide bonds. The number of hydrogen-bond acceptors (Lipinski definition) is 1. The van der Waals surface area contributed by atoms with Gasteiger partial charge in [0, 0.05) is 5.88 Å². The highest BCUT2D eigenvalue weighted by Crippen LogP contribution is 2.36. The number of hydrogen-bond donors (Lipinski definition) is 1. The van der Waals surface area contributed by atoms with Crippen LogP contribution in [0.2, 0.25) is 0 Å². The Morgan fingerprint density at radius 1 is 0.750 bits per heavy atom. The molecule has 0 fully saturated rings. The first kappa shape index (κ1) is 18.6. The third-order valence-electron chi connectivity index (χ3n) is 4.09. The van der Waals surface area contributed by atoms with Gasteiger partial charge in [0.1, 0.15) is 0 Å². The molecule has 0 spiro atoms. The molecule has 0 aliphatic carbocycles. The summed E-state index contributed by atoms with van der Waals surface area (Å²) in [5.41, 5.74) is 0.645. The molecule has 0 heterocycles. The quantitative estimate of drug-likeness (QED) is 0.377. The first-order valence-electron chi connectivity index (χ1n) is 6.80. The molecule has 0 radical (unpaired) electrons. The lowest BCUT2D eigenvalue weighted by Crippen LogP contribution is -2.17. The van der Waals surface area contributed by atoms with Crippen molar-refractivity contribution in [2.45, 2.75) is 78.6 Å². The van der Waals surface area contributed by atoms with E-state index in [1.54, 1.807) is 0 Å². The molecule has 16 heavy (non-hydrogen) atoms. The molecule has 2 heteroatoms. The van der Waals surface area contributed by atoms with Gasteiger partial charge in [-0.2, -0.15) is 0 Å². The molecule has 0 bridgehead atoms. The molecule has 1 nitrogen and oxygen atoms in total. The molecule has 0 aliphatic rings. The van der Waals surface area contributed by atoms with Gasteiger partial charge in [0.25, 0.3) is 0 Å². The zero-order chi connectivity index (χ0) is 11.6. The summed E-state index contributed by atoms with van der Waals surface area (Å²) >= 11 is 5.65. The van der Waals surface area contributed by atoms with E-state index in [0.717, 1.165) is 5.88 Å². The molecular formula is C14H32ClN. The van der Waals surface area contributed by atoms with Crippen LogP contribution in [0.4, 0.5) is 0 Å². The Labute approximate surface area is 108 Å². The average Bonchev–Trinajstić information content (AvgIpc) is 2.29. The van der Waals surface area contributed by atoms with E-state index < -0.39 is 0 Å². The van der Waals surface area contributed by atoms with Crippen molar-refractivity contribution in [3.63, 3.8) is 0 Å². The van der Waals surface area contributed by atoms with E-state index in [4.69, 9.17) is 11.6 Å². The molecule has 0 aromatic rings. The fraction of sp³-hybridized carbons (Fsp3) is 1.00. The summed E-state index contributed by atoms with van der Waals surface area (Å²) in [6.45, 7) is 7.04. The van der Waals surface area contributed by atoms with Crippen molar-refractivity contribution in [2.24, 2.45) is 5.41 Å². The standard InChI is InChI=1S/C14H29Cl.H3N/c1-4-14(5-2,6-3)12-10-8-7-9-11-13-15;/h4-13H2,1-3H3;1H3. The van der Waals surface area contributed by atoms with Crippen molar-refractivity contribution in [1.29, 1.82) is 0 Å². The summed E-state index contributed by atoms with van der Waals surface area (Å²) < 4.78 is 0. The van der Waals surface area contributed by atoms with E-state index in [-0.39, 0.29) is 6.15 Å². The second-order valence-corrected chi connectivity index (χ2v) is 5.15. The molecule has 0 saturated carbocycles. The number of halogens is 1. The first-order chi connectivity index (χ1) is 7.24. The maximum atomic E-state index is 5.65. The SMILES string of the molecule is CCC(CC)(CC)CCCCCCCCl.N. The normalized spacial score (nSPS) is 11.2. The van der Waals surface area contributed by atoms with Gasteiger partial charge in [0.15, 0.2) is 0 Å². The van der Waals surface area contributed by atoms with Crippen molar-refractivity contribution < 1.29 is 0 Å². The summed E-state index contributed by atoms with van der Waals surface area (Å²) in [5.74, 6) is 0.836. The van der Waals surface area contributed by atoms with Crippen LogP contribution in [0.1, 0.15) is 78.6 Å². The molecular weight excluding hydrogens is 218 g/mol. The summed E-state index contributed by atoms with van der Waals surface area (Å²) in [6.07, 6.45) is 12.2. The summed E-state index contributed by atoms with van der Waals surface area (Å²) in [4.78, 5) is 0. The van der Waals surface area contributed by atoms with Gasteiger partial charge in [-0.1, -0.05) is 65.7 Å². The number of unbranched alkanes of at least 4 members (excludes halogenated alkanes) is 4. The second kappa shape index (κ2) is 11.7. The molecule has 0 unspecified atom stereocenters. The molecule has 0 rings (SSSR count). The minimum atomic E-state index is 0. The van der Waals surface area contributed by atoms with Gasteiger partial charge in [-0.15, -0.1) is 11.6 Å². The minimum Gasteiger partial charge on any atom is -0.344 e. The van der Waals surface area contributed by atoms with Crippen LogP contribution in [0, 0.1) is 5.41 Å². The lowest BCUT2D eigenvalue weighted by molar-refractivity contribution is 0.220. The maximum Gasteiger partial charge on any atom is 0.0223 e. The smallest absolute Gasteiger partial charge is 0.0223 e. The van der Waals surface area contributed by atoms with Gasteiger partial charge in [-0.3, -0.25) is 0 Å². The molecule has 0 atom stereocenters. The van der Waals surface area contributed by atoms with Crippen molar-refractivity contribution in [1.82, 2.24) is 6.15 Å². The lowest BCUT2D eigenvalue weighted by atomic mass is 9.75. The van der Waals surface area contributed by atoms with Crippen molar-refractivity contribution >= 4 is 11.6 Å². The fourth-order valence-corrected chi connectivity index (χ4v) is 2.59. The van der Waals surface area contributed by atoms with E-state index in [1.165, 1.54) is 57.8 Å². The van der Waals surface area contributed by atoms with E-state index in [0.29, 0.717) is 5.41 Å². The van der Waals surface area contributed by atoms with Gasteiger partial charge in [-0.25, -0.2) is 0 Å². The predicted molar refractivity (Wildman–Crippen MR) is 76.8 cm³/mol. The molecule has 0 saturated heterocycles. The highest BCUT2D eigenvalue weighted by molar-refractivity contribution is 6.17. The minimum absolute atomic E-state index is 0. The van der Waals surface area contributed by atoms with Gasteiger partial charge >= 0.3 is 0 Å². The molecule has 0 aromatic heterocycles. The Morgan fingerprint density at radius 3 is 1.62 bits per heavy atom. The Balaban J connectivity index is 0. The van der Waals surface area contributed by atoms with Gasteiger partial charge in [0.05, 0.1) is 0 Å².